The summed E-state index contributed by atoms with van der Waals surface area (Å²) < 4.78 is 46.4. The van der Waals surface area contributed by atoms with Gasteiger partial charge >= 0.3 is 0 Å². The number of primary sulfonamides is 1. The molecule has 0 atom stereocenters. The zero-order valence-corrected chi connectivity index (χ0v) is 13.1. The van der Waals surface area contributed by atoms with E-state index in [1.54, 1.807) is 13.8 Å². The Morgan fingerprint density at radius 2 is 1.63 bits per heavy atom. The van der Waals surface area contributed by atoms with Gasteiger partial charge in [-0.1, -0.05) is 0 Å². The predicted molar refractivity (Wildman–Crippen MR) is 69.7 cm³/mol. The van der Waals surface area contributed by atoms with Crippen LogP contribution in [0.2, 0.25) is 0 Å². The van der Waals surface area contributed by atoms with E-state index < -0.39 is 29.8 Å². The molecule has 0 aliphatic rings. The maximum atomic E-state index is 11.8. The minimum absolute atomic E-state index is 0.0500. The van der Waals surface area contributed by atoms with E-state index in [-0.39, 0.29) is 11.9 Å². The lowest BCUT2D eigenvalue weighted by atomic mass is 10.2. The topological polar surface area (TPSA) is 125 Å². The third-order valence-corrected chi connectivity index (χ3v) is 5.72. The van der Waals surface area contributed by atoms with E-state index >= 15 is 0 Å². The summed E-state index contributed by atoms with van der Waals surface area (Å²) in [6, 6.07) is -0.348. The van der Waals surface area contributed by atoms with Gasteiger partial charge in [0, 0.05) is 12.3 Å². The average molecular weight is 310 g/mol. The number of nitrogens with two attached hydrogens (primary N) is 1. The molecule has 19 heavy (non-hydrogen) atoms. The summed E-state index contributed by atoms with van der Waals surface area (Å²) >= 11 is 0. The van der Waals surface area contributed by atoms with E-state index in [0.29, 0.717) is 0 Å². The van der Waals surface area contributed by atoms with Crippen molar-refractivity contribution in [1.29, 1.82) is 0 Å². The van der Waals surface area contributed by atoms with Crippen LogP contribution < -0.4 is 5.14 Å². The molecule has 0 aliphatic carbocycles. The Labute approximate surface area is 113 Å². The van der Waals surface area contributed by atoms with Crippen LogP contribution in [-0.4, -0.2) is 37.9 Å². The highest BCUT2D eigenvalue weighted by atomic mass is 32.2. The van der Waals surface area contributed by atoms with Gasteiger partial charge in [0.25, 0.3) is 15.2 Å². The lowest BCUT2D eigenvalue weighted by Gasteiger charge is -2.24. The van der Waals surface area contributed by atoms with Crippen LogP contribution in [0, 0.1) is 0 Å². The van der Waals surface area contributed by atoms with Gasteiger partial charge in [0.15, 0.2) is 15.7 Å². The smallest absolute Gasteiger partial charge is 0.273 e. The Bertz CT molecular complexity index is 686. The molecule has 0 radical (unpaired) electrons. The number of hydrogen-bond donors (Lipinski definition) is 1. The fourth-order valence-corrected chi connectivity index (χ4v) is 2.71. The van der Waals surface area contributed by atoms with Gasteiger partial charge in [0.1, 0.15) is 4.75 Å². The average Bonchev–Trinajstić information content (AvgIpc) is 2.58. The zero-order chi connectivity index (χ0) is 15.2. The highest BCUT2D eigenvalue weighted by molar-refractivity contribution is 7.91. The number of hydrogen-bond acceptors (Lipinski definition) is 6. The van der Waals surface area contributed by atoms with Crippen molar-refractivity contribution >= 4 is 19.9 Å². The molecule has 0 spiro atoms. The summed E-state index contributed by atoms with van der Waals surface area (Å²) in [5, 5.41) is 11.9. The molecule has 0 aliphatic heterocycles. The van der Waals surface area contributed by atoms with Crippen molar-refractivity contribution in [2.75, 3.05) is 6.26 Å². The maximum absolute atomic E-state index is 11.8. The van der Waals surface area contributed by atoms with Crippen molar-refractivity contribution in [3.05, 3.63) is 5.82 Å². The number of rotatable bonds is 4. The fraction of sp³-hybridized carbons (Fsp3) is 0.778. The molecule has 1 aromatic heterocycles. The second-order valence-corrected chi connectivity index (χ2v) is 9.12. The molecule has 0 saturated carbocycles. The number of nitrogens with zero attached hydrogens (tertiary/aromatic N) is 3. The Morgan fingerprint density at radius 1 is 1.16 bits per heavy atom. The standard InChI is InChI=1S/C9H18N4O4S2/c1-6(2)13-7(9(3,4)18(5,14)15)11-12-8(13)19(10,16)17/h6H,1-5H3,(H2,10,16,17). The van der Waals surface area contributed by atoms with Crippen molar-refractivity contribution in [1.82, 2.24) is 14.8 Å². The summed E-state index contributed by atoms with van der Waals surface area (Å²) in [5.41, 5.74) is 0. The van der Waals surface area contributed by atoms with Gasteiger partial charge in [-0.25, -0.2) is 22.0 Å². The van der Waals surface area contributed by atoms with E-state index in [4.69, 9.17) is 5.14 Å². The normalized spacial score (nSPS) is 14.1. The molecule has 0 bridgehead atoms. The Balaban J connectivity index is 3.71. The van der Waals surface area contributed by atoms with Gasteiger partial charge in [-0.05, 0) is 27.7 Å². The van der Waals surface area contributed by atoms with Gasteiger partial charge < -0.3 is 0 Å². The largest absolute Gasteiger partial charge is 0.297 e. The number of aromatic nitrogens is 3. The molecule has 0 fully saturated rings. The molecule has 2 N–H and O–H groups in total. The van der Waals surface area contributed by atoms with Crippen LogP contribution in [0.4, 0.5) is 0 Å². The maximum Gasteiger partial charge on any atom is 0.273 e. The van der Waals surface area contributed by atoms with Crippen LogP contribution in [0.15, 0.2) is 5.16 Å². The summed E-state index contributed by atoms with van der Waals surface area (Å²) in [7, 11) is -7.57. The minimum atomic E-state index is -4.07. The summed E-state index contributed by atoms with van der Waals surface area (Å²) in [6.07, 6.45) is 1.06. The monoisotopic (exact) mass is 310 g/mol. The molecule has 8 nitrogen and oxygen atoms in total. The highest BCUT2D eigenvalue weighted by Gasteiger charge is 2.40. The fourth-order valence-electron chi connectivity index (χ4n) is 1.51. The second-order valence-electron chi connectivity index (χ2n) is 5.10. The molecule has 0 aromatic carbocycles. The van der Waals surface area contributed by atoms with Crippen molar-refractivity contribution in [2.24, 2.45) is 5.14 Å². The van der Waals surface area contributed by atoms with Crippen molar-refractivity contribution in [2.45, 2.75) is 43.6 Å². The van der Waals surface area contributed by atoms with E-state index in [9.17, 15) is 16.8 Å². The molecular formula is C9H18N4O4S2. The van der Waals surface area contributed by atoms with Gasteiger partial charge in [-0.2, -0.15) is 0 Å². The first-order valence-electron chi connectivity index (χ1n) is 5.48. The van der Waals surface area contributed by atoms with Crippen molar-refractivity contribution in [3.63, 3.8) is 0 Å². The molecule has 0 amide bonds. The first-order valence-corrected chi connectivity index (χ1v) is 8.91. The number of sulfonamides is 1. The van der Waals surface area contributed by atoms with Gasteiger partial charge in [0.05, 0.1) is 0 Å². The lowest BCUT2D eigenvalue weighted by molar-refractivity contribution is 0.471. The molecule has 1 rings (SSSR count). The van der Waals surface area contributed by atoms with Crippen LogP contribution >= 0.6 is 0 Å². The molecule has 10 heteroatoms. The molecule has 0 unspecified atom stereocenters. The van der Waals surface area contributed by atoms with Crippen molar-refractivity contribution in [3.8, 4) is 0 Å². The first kappa shape index (κ1) is 16.1. The van der Waals surface area contributed by atoms with Crippen LogP contribution in [0.1, 0.15) is 39.6 Å². The van der Waals surface area contributed by atoms with Crippen LogP contribution in [-0.2, 0) is 24.6 Å². The van der Waals surface area contributed by atoms with E-state index in [1.165, 1.54) is 18.4 Å². The summed E-state index contributed by atoms with van der Waals surface area (Å²) in [6.45, 7) is 6.27. The van der Waals surface area contributed by atoms with E-state index in [1.807, 2.05) is 0 Å². The Hall–Kier alpha value is -1.00. The molecule has 110 valence electrons. The van der Waals surface area contributed by atoms with Gasteiger partial charge in [-0.15, -0.1) is 10.2 Å². The van der Waals surface area contributed by atoms with Crippen LogP contribution in [0.25, 0.3) is 0 Å². The third kappa shape index (κ3) is 2.79. The minimum Gasteiger partial charge on any atom is -0.297 e. The van der Waals surface area contributed by atoms with E-state index in [2.05, 4.69) is 10.2 Å². The molecular weight excluding hydrogens is 292 g/mol. The molecule has 1 aromatic rings. The Morgan fingerprint density at radius 3 is 1.95 bits per heavy atom. The summed E-state index contributed by atoms with van der Waals surface area (Å²) in [4.78, 5) is 0. The van der Waals surface area contributed by atoms with E-state index in [0.717, 1.165) is 6.26 Å². The van der Waals surface area contributed by atoms with Gasteiger partial charge in [0.2, 0.25) is 0 Å². The van der Waals surface area contributed by atoms with Crippen LogP contribution in [0.5, 0.6) is 0 Å². The summed E-state index contributed by atoms with van der Waals surface area (Å²) in [5.74, 6) is 0.0500. The van der Waals surface area contributed by atoms with Crippen molar-refractivity contribution < 1.29 is 16.8 Å². The third-order valence-electron chi connectivity index (χ3n) is 2.90. The SMILES string of the molecule is CC(C)n1c(C(C)(C)S(C)(=O)=O)nnc1S(N)(=O)=O. The Kier molecular flexibility index (Phi) is 3.83. The number of sulfone groups is 1. The zero-order valence-electron chi connectivity index (χ0n) is 11.4. The highest BCUT2D eigenvalue weighted by Crippen LogP contribution is 2.30. The predicted octanol–water partition coefficient (Wildman–Crippen LogP) is -0.214. The first-order chi connectivity index (χ1) is 8.30. The lowest BCUT2D eigenvalue weighted by Crippen LogP contribution is -2.33. The van der Waals surface area contributed by atoms with Crippen LogP contribution in [0.3, 0.4) is 0 Å². The quantitative estimate of drug-likeness (QED) is 0.820. The second kappa shape index (κ2) is 4.53. The molecule has 0 saturated heterocycles. The van der Waals surface area contributed by atoms with Gasteiger partial charge in [-0.3, -0.25) is 4.57 Å². The molecule has 1 heterocycles.